The zero-order chi connectivity index (χ0) is 36.6. The van der Waals surface area contributed by atoms with E-state index in [2.05, 4.69) is 194 Å². The number of hydrogen-bond acceptors (Lipinski definition) is 3. The first-order valence-corrected chi connectivity index (χ1v) is 19.4. The monoisotopic (exact) mass is 718 g/mol. The summed E-state index contributed by atoms with van der Waals surface area (Å²) in [5.41, 5.74) is 14.1. The van der Waals surface area contributed by atoms with E-state index in [1.165, 1.54) is 36.9 Å². The van der Waals surface area contributed by atoms with Gasteiger partial charge in [-0.15, -0.1) is 11.3 Å². The highest BCUT2D eigenvalue weighted by Gasteiger charge is 2.17. The van der Waals surface area contributed by atoms with E-state index in [0.717, 1.165) is 55.9 Å². The summed E-state index contributed by atoms with van der Waals surface area (Å²) >= 11 is 1.85. The maximum absolute atomic E-state index is 5.36. The average molecular weight is 719 g/mol. The van der Waals surface area contributed by atoms with Crippen LogP contribution in [0, 0.1) is 0 Å². The Morgan fingerprint density at radius 3 is 1.44 bits per heavy atom. The fraction of sp³-hybridized carbons (Fsp3) is 0. The van der Waals surface area contributed by atoms with Gasteiger partial charge in [-0.1, -0.05) is 158 Å². The normalized spacial score (nSPS) is 11.3. The minimum atomic E-state index is 0.693. The van der Waals surface area contributed by atoms with Gasteiger partial charge in [-0.2, -0.15) is 0 Å². The molecule has 10 aromatic rings. The molecule has 0 saturated carbocycles. The molecule has 0 radical (unpaired) electrons. The summed E-state index contributed by atoms with van der Waals surface area (Å²) in [5, 5.41) is 2.57. The van der Waals surface area contributed by atoms with Gasteiger partial charge < -0.3 is 0 Å². The molecule has 10 rings (SSSR count). The zero-order valence-corrected chi connectivity index (χ0v) is 30.7. The largest absolute Gasteiger partial charge is 0.228 e. The number of aromatic nitrogens is 2. The van der Waals surface area contributed by atoms with Crippen LogP contribution in [0.2, 0.25) is 0 Å². The second-order valence-electron chi connectivity index (χ2n) is 13.8. The third kappa shape index (κ3) is 6.41. The van der Waals surface area contributed by atoms with Crippen LogP contribution in [0.4, 0.5) is 0 Å². The van der Waals surface area contributed by atoms with Crippen molar-refractivity contribution in [1.82, 2.24) is 9.97 Å². The van der Waals surface area contributed by atoms with Crippen LogP contribution < -0.4 is 0 Å². The molecule has 0 amide bonds. The van der Waals surface area contributed by atoms with Gasteiger partial charge in [-0.25, -0.2) is 9.97 Å². The molecule has 55 heavy (non-hydrogen) atoms. The molecule has 3 heteroatoms. The molecular formula is C52H34N2S. The standard InChI is InChI=1S/C52H34N2S/c1-4-15-35(16-5-1)38-21-12-23-40(29-38)42-31-43(45-26-14-28-50-51(45)46-25-10-11-27-49(46)55-50)33-44(32-42)48-34-47(37-19-8-3-9-20-37)53-52(54-48)41-24-13-22-39(30-41)36-17-6-2-7-18-36/h1-34H. The summed E-state index contributed by atoms with van der Waals surface area (Å²) in [6.45, 7) is 0. The van der Waals surface area contributed by atoms with E-state index >= 15 is 0 Å². The lowest BCUT2D eigenvalue weighted by molar-refractivity contribution is 1.18. The predicted octanol–water partition coefficient (Wildman–Crippen LogP) is 14.5. The number of fused-ring (bicyclic) bond motifs is 3. The quantitative estimate of drug-likeness (QED) is 0.164. The van der Waals surface area contributed by atoms with Gasteiger partial charge in [0.2, 0.25) is 0 Å². The molecule has 0 atom stereocenters. The van der Waals surface area contributed by atoms with Crippen LogP contribution in [0.1, 0.15) is 0 Å². The van der Waals surface area contributed by atoms with Gasteiger partial charge in [0.15, 0.2) is 5.82 Å². The second kappa shape index (κ2) is 14.1. The van der Waals surface area contributed by atoms with Gasteiger partial charge in [0.05, 0.1) is 11.4 Å². The Morgan fingerprint density at radius 2 is 0.745 bits per heavy atom. The smallest absolute Gasteiger partial charge is 0.160 e. The van der Waals surface area contributed by atoms with Crippen molar-refractivity contribution in [3.05, 3.63) is 206 Å². The van der Waals surface area contributed by atoms with Gasteiger partial charge >= 0.3 is 0 Å². The molecule has 2 aromatic heterocycles. The van der Waals surface area contributed by atoms with Crippen LogP contribution in [-0.2, 0) is 0 Å². The molecule has 2 nitrogen and oxygen atoms in total. The van der Waals surface area contributed by atoms with E-state index < -0.39 is 0 Å². The number of hydrogen-bond donors (Lipinski definition) is 0. The summed E-state index contributed by atoms with van der Waals surface area (Å²) in [6.07, 6.45) is 0. The molecule has 0 N–H and O–H groups in total. The molecule has 0 fully saturated rings. The van der Waals surface area contributed by atoms with E-state index in [1.807, 2.05) is 23.5 Å². The number of benzene rings is 8. The fourth-order valence-electron chi connectivity index (χ4n) is 7.57. The van der Waals surface area contributed by atoms with E-state index in [0.29, 0.717) is 5.82 Å². The first-order valence-electron chi connectivity index (χ1n) is 18.6. The van der Waals surface area contributed by atoms with Crippen molar-refractivity contribution in [3.8, 4) is 78.4 Å². The molecule has 0 aliphatic heterocycles. The molecule has 8 aromatic carbocycles. The first kappa shape index (κ1) is 32.7. The van der Waals surface area contributed by atoms with E-state index in [4.69, 9.17) is 9.97 Å². The van der Waals surface area contributed by atoms with Gasteiger partial charge in [0, 0.05) is 36.9 Å². The van der Waals surface area contributed by atoms with Gasteiger partial charge in [0.1, 0.15) is 0 Å². The molecule has 0 aliphatic rings. The zero-order valence-electron chi connectivity index (χ0n) is 29.9. The Bertz CT molecular complexity index is 2970. The van der Waals surface area contributed by atoms with Gasteiger partial charge in [-0.3, -0.25) is 0 Å². The van der Waals surface area contributed by atoms with Crippen LogP contribution in [-0.4, -0.2) is 9.97 Å². The van der Waals surface area contributed by atoms with Crippen molar-refractivity contribution in [2.45, 2.75) is 0 Å². The summed E-state index contributed by atoms with van der Waals surface area (Å²) in [4.78, 5) is 10.6. The highest BCUT2D eigenvalue weighted by atomic mass is 32.1. The highest BCUT2D eigenvalue weighted by molar-refractivity contribution is 7.25. The molecule has 2 heterocycles. The first-order chi connectivity index (χ1) is 27.2. The fourth-order valence-corrected chi connectivity index (χ4v) is 8.70. The van der Waals surface area contributed by atoms with Crippen molar-refractivity contribution in [3.63, 3.8) is 0 Å². The van der Waals surface area contributed by atoms with Crippen LogP contribution in [0.5, 0.6) is 0 Å². The highest BCUT2D eigenvalue weighted by Crippen LogP contribution is 2.42. The van der Waals surface area contributed by atoms with Gasteiger partial charge in [-0.05, 0) is 93.0 Å². The number of rotatable bonds is 7. The van der Waals surface area contributed by atoms with Crippen molar-refractivity contribution in [1.29, 1.82) is 0 Å². The van der Waals surface area contributed by atoms with Crippen molar-refractivity contribution < 1.29 is 0 Å². The lowest BCUT2D eigenvalue weighted by atomic mass is 9.91. The van der Waals surface area contributed by atoms with E-state index in [1.54, 1.807) is 0 Å². The van der Waals surface area contributed by atoms with Crippen LogP contribution in [0.15, 0.2) is 206 Å². The topological polar surface area (TPSA) is 25.8 Å². The predicted molar refractivity (Wildman–Crippen MR) is 233 cm³/mol. The summed E-state index contributed by atoms with van der Waals surface area (Å²) in [6, 6.07) is 73.4. The molecular weight excluding hydrogens is 685 g/mol. The number of nitrogens with zero attached hydrogens (tertiary/aromatic N) is 2. The van der Waals surface area contributed by atoms with Gasteiger partial charge in [0.25, 0.3) is 0 Å². The van der Waals surface area contributed by atoms with Crippen LogP contribution >= 0.6 is 11.3 Å². The Morgan fingerprint density at radius 1 is 0.291 bits per heavy atom. The maximum Gasteiger partial charge on any atom is 0.160 e. The van der Waals surface area contributed by atoms with E-state index in [9.17, 15) is 0 Å². The Kier molecular flexibility index (Phi) is 8.40. The summed E-state index contributed by atoms with van der Waals surface area (Å²) in [7, 11) is 0. The Balaban J connectivity index is 1.21. The van der Waals surface area contributed by atoms with Crippen molar-refractivity contribution >= 4 is 31.5 Å². The SMILES string of the molecule is c1ccc(-c2cccc(-c3cc(-c4cc(-c5ccccc5)nc(-c5cccc(-c6ccccc6)c5)n4)cc(-c4cccc5sc6ccccc6c45)c3)c2)cc1. The van der Waals surface area contributed by atoms with E-state index in [-0.39, 0.29) is 0 Å². The summed E-state index contributed by atoms with van der Waals surface area (Å²) in [5.74, 6) is 0.693. The Labute approximate surface area is 324 Å². The van der Waals surface area contributed by atoms with Crippen molar-refractivity contribution in [2.75, 3.05) is 0 Å². The second-order valence-corrected chi connectivity index (χ2v) is 14.9. The minimum Gasteiger partial charge on any atom is -0.228 e. The third-order valence-electron chi connectivity index (χ3n) is 10.3. The van der Waals surface area contributed by atoms with Crippen molar-refractivity contribution in [2.24, 2.45) is 0 Å². The molecule has 0 unspecified atom stereocenters. The molecule has 0 saturated heterocycles. The summed E-state index contributed by atoms with van der Waals surface area (Å²) < 4.78 is 2.58. The molecule has 0 spiro atoms. The number of thiophene rings is 1. The molecule has 0 bridgehead atoms. The van der Waals surface area contributed by atoms with Crippen LogP contribution in [0.25, 0.3) is 98.6 Å². The lowest BCUT2D eigenvalue weighted by Crippen LogP contribution is -1.97. The third-order valence-corrected chi connectivity index (χ3v) is 11.4. The average Bonchev–Trinajstić information content (AvgIpc) is 3.66. The molecule has 258 valence electrons. The lowest BCUT2D eigenvalue weighted by Gasteiger charge is -2.15. The minimum absolute atomic E-state index is 0.693. The maximum atomic E-state index is 5.36. The van der Waals surface area contributed by atoms with Crippen LogP contribution in [0.3, 0.4) is 0 Å². The molecule has 0 aliphatic carbocycles. The Hall–Kier alpha value is -6.94.